The Bertz CT molecular complexity index is 1420. The summed E-state index contributed by atoms with van der Waals surface area (Å²) in [5.74, 6) is 0.564. The van der Waals surface area contributed by atoms with Crippen molar-refractivity contribution in [1.82, 2.24) is 14.4 Å². The first kappa shape index (κ1) is 22.3. The summed E-state index contributed by atoms with van der Waals surface area (Å²) in [6.07, 6.45) is 7.24. The number of carbonyl (C=O) groups excluding carboxylic acids is 1. The normalized spacial score (nSPS) is 11.6. The van der Waals surface area contributed by atoms with Gasteiger partial charge < -0.3 is 4.74 Å². The molecule has 4 aromatic rings. The number of hydrogen-bond donors (Lipinski definition) is 0. The van der Waals surface area contributed by atoms with Gasteiger partial charge in [-0.1, -0.05) is 35.3 Å². The fourth-order valence-corrected chi connectivity index (χ4v) is 5.39. The second kappa shape index (κ2) is 8.90. The molecule has 2 aromatic carbocycles. The summed E-state index contributed by atoms with van der Waals surface area (Å²) in [5.41, 5.74) is 1.31. The van der Waals surface area contributed by atoms with Crippen molar-refractivity contribution in [1.29, 1.82) is 0 Å². The highest BCUT2D eigenvalue weighted by atomic mass is 35.5. The Morgan fingerprint density at radius 3 is 2.56 bits per heavy atom. The molecule has 0 atom stereocenters. The van der Waals surface area contributed by atoms with Crippen molar-refractivity contribution < 1.29 is 17.9 Å². The van der Waals surface area contributed by atoms with Crippen LogP contribution in [0.25, 0.3) is 5.78 Å². The molecule has 0 aliphatic carbocycles. The Morgan fingerprint density at radius 2 is 1.84 bits per heavy atom. The molecule has 2 heterocycles. The molecule has 0 aliphatic rings. The Labute approximate surface area is 194 Å². The number of carbonyl (C=O) groups is 1. The van der Waals surface area contributed by atoms with Crippen molar-refractivity contribution in [2.24, 2.45) is 0 Å². The molecule has 0 saturated heterocycles. The van der Waals surface area contributed by atoms with Crippen LogP contribution in [-0.4, -0.2) is 35.7 Å². The smallest absolute Gasteiger partial charge is 0.233 e. The standard InChI is InChI=1S/C22H17Cl2N3O4S/c1-31-21-17(23)7-9-19(20(21)24)32(29,30)16-5-2-14(3-6-16)4-8-18(28)15-12-26-22-25-10-11-27(22)13-15/h2-3,5-7,9-13H,4,8H2,1H3. The highest BCUT2D eigenvalue weighted by Gasteiger charge is 2.24. The minimum absolute atomic E-state index is 0.0650. The van der Waals surface area contributed by atoms with E-state index in [1.54, 1.807) is 35.1 Å². The maximum Gasteiger partial charge on any atom is 0.233 e. The number of fused-ring (bicyclic) bond motifs is 1. The maximum atomic E-state index is 13.0. The molecule has 4 rings (SSSR count). The van der Waals surface area contributed by atoms with Crippen molar-refractivity contribution in [3.05, 3.63) is 82.4 Å². The summed E-state index contributed by atoms with van der Waals surface area (Å²) in [4.78, 5) is 20.7. The number of benzene rings is 2. The third-order valence-electron chi connectivity index (χ3n) is 4.95. The molecule has 2 aromatic heterocycles. The van der Waals surface area contributed by atoms with E-state index in [2.05, 4.69) is 9.97 Å². The predicted octanol–water partition coefficient (Wildman–Crippen LogP) is 4.69. The Kier molecular flexibility index (Phi) is 6.19. The first-order valence-corrected chi connectivity index (χ1v) is 11.7. The van der Waals surface area contributed by atoms with E-state index in [-0.39, 0.29) is 37.8 Å². The number of aryl methyl sites for hydroxylation is 1. The summed E-state index contributed by atoms with van der Waals surface area (Å²) in [6.45, 7) is 0. The van der Waals surface area contributed by atoms with Crippen molar-refractivity contribution in [2.45, 2.75) is 22.6 Å². The molecule has 0 saturated carbocycles. The van der Waals surface area contributed by atoms with Gasteiger partial charge >= 0.3 is 0 Å². The molecule has 10 heteroatoms. The summed E-state index contributed by atoms with van der Waals surface area (Å²) in [6, 6.07) is 9.11. The zero-order valence-corrected chi connectivity index (χ0v) is 19.2. The summed E-state index contributed by atoms with van der Waals surface area (Å²) in [7, 11) is -2.52. The van der Waals surface area contributed by atoms with Crippen molar-refractivity contribution in [3.8, 4) is 5.75 Å². The number of nitrogens with zero attached hydrogens (tertiary/aromatic N) is 3. The van der Waals surface area contributed by atoms with Crippen LogP contribution in [-0.2, 0) is 16.3 Å². The second-order valence-electron chi connectivity index (χ2n) is 6.94. The van der Waals surface area contributed by atoms with Crippen LogP contribution < -0.4 is 4.74 Å². The van der Waals surface area contributed by atoms with Crippen LogP contribution in [0.2, 0.25) is 10.0 Å². The van der Waals surface area contributed by atoms with Crippen LogP contribution in [0.15, 0.2) is 71.0 Å². The number of ether oxygens (including phenoxy) is 1. The van der Waals surface area contributed by atoms with E-state index in [1.165, 1.54) is 37.6 Å². The van der Waals surface area contributed by atoms with E-state index in [0.29, 0.717) is 17.8 Å². The van der Waals surface area contributed by atoms with Gasteiger partial charge in [0.2, 0.25) is 15.6 Å². The molecule has 0 fully saturated rings. The number of hydrogen-bond acceptors (Lipinski definition) is 6. The molecule has 0 radical (unpaired) electrons. The Balaban J connectivity index is 1.49. The second-order valence-corrected chi connectivity index (χ2v) is 9.64. The monoisotopic (exact) mass is 489 g/mol. The lowest BCUT2D eigenvalue weighted by atomic mass is 10.0. The average molecular weight is 490 g/mol. The van der Waals surface area contributed by atoms with Gasteiger partial charge in [0, 0.05) is 31.2 Å². The van der Waals surface area contributed by atoms with Gasteiger partial charge in [0.15, 0.2) is 11.5 Å². The number of ketones is 1. The molecule has 164 valence electrons. The van der Waals surface area contributed by atoms with E-state index >= 15 is 0 Å². The molecular weight excluding hydrogens is 473 g/mol. The van der Waals surface area contributed by atoms with E-state index < -0.39 is 9.84 Å². The molecule has 32 heavy (non-hydrogen) atoms. The topological polar surface area (TPSA) is 90.6 Å². The van der Waals surface area contributed by atoms with Gasteiger partial charge in [0.1, 0.15) is 5.02 Å². The SMILES string of the molecule is COc1c(Cl)ccc(S(=O)(=O)c2ccc(CCC(=O)c3cnc4nccn4c3)cc2)c1Cl. The quantitative estimate of drug-likeness (QED) is 0.349. The van der Waals surface area contributed by atoms with E-state index in [9.17, 15) is 13.2 Å². The van der Waals surface area contributed by atoms with Gasteiger partial charge in [0.25, 0.3) is 0 Å². The average Bonchev–Trinajstić information content (AvgIpc) is 3.26. The van der Waals surface area contributed by atoms with E-state index in [0.717, 1.165) is 5.56 Å². The highest BCUT2D eigenvalue weighted by Crippen LogP contribution is 2.39. The lowest BCUT2D eigenvalue weighted by Gasteiger charge is -2.11. The summed E-state index contributed by atoms with van der Waals surface area (Å²) in [5, 5.41) is 0.150. The van der Waals surface area contributed by atoms with Crippen LogP contribution in [0, 0.1) is 0 Å². The van der Waals surface area contributed by atoms with Crippen LogP contribution in [0.5, 0.6) is 5.75 Å². The minimum atomic E-state index is -3.88. The highest BCUT2D eigenvalue weighted by molar-refractivity contribution is 7.91. The fraction of sp³-hybridized carbons (Fsp3) is 0.136. The number of methoxy groups -OCH3 is 1. The molecular formula is C22H17Cl2N3O4S. The first-order chi connectivity index (χ1) is 15.3. The predicted molar refractivity (Wildman–Crippen MR) is 121 cm³/mol. The van der Waals surface area contributed by atoms with Gasteiger partial charge in [-0.2, -0.15) is 0 Å². The van der Waals surface area contributed by atoms with E-state index in [1.807, 2.05) is 0 Å². The van der Waals surface area contributed by atoms with Gasteiger partial charge in [0.05, 0.1) is 27.5 Å². The number of aromatic nitrogens is 3. The van der Waals surface area contributed by atoms with E-state index in [4.69, 9.17) is 27.9 Å². The minimum Gasteiger partial charge on any atom is -0.494 e. The Morgan fingerprint density at radius 1 is 1.09 bits per heavy atom. The number of rotatable bonds is 7. The van der Waals surface area contributed by atoms with Crippen molar-refractivity contribution in [2.75, 3.05) is 7.11 Å². The first-order valence-electron chi connectivity index (χ1n) is 9.49. The van der Waals surface area contributed by atoms with Crippen LogP contribution in [0.4, 0.5) is 0 Å². The van der Waals surface area contributed by atoms with Crippen molar-refractivity contribution in [3.63, 3.8) is 0 Å². The zero-order valence-electron chi connectivity index (χ0n) is 16.8. The molecule has 0 bridgehead atoms. The maximum absolute atomic E-state index is 13.0. The van der Waals surface area contributed by atoms with Gasteiger partial charge in [-0.25, -0.2) is 18.4 Å². The number of imidazole rings is 1. The lowest BCUT2D eigenvalue weighted by Crippen LogP contribution is -2.05. The van der Waals surface area contributed by atoms with Crippen molar-refractivity contribution >= 4 is 44.6 Å². The zero-order chi connectivity index (χ0) is 22.9. The fourth-order valence-electron chi connectivity index (χ4n) is 3.23. The number of sulfone groups is 1. The third kappa shape index (κ3) is 4.21. The summed E-state index contributed by atoms with van der Waals surface area (Å²) < 4.78 is 32.9. The van der Waals surface area contributed by atoms with Crippen LogP contribution in [0.1, 0.15) is 22.3 Å². The number of Topliss-reactive ketones (excluding diaryl/α,β-unsaturated/α-hetero) is 1. The molecule has 7 nitrogen and oxygen atoms in total. The van der Waals surface area contributed by atoms with Crippen LogP contribution >= 0.6 is 23.2 Å². The van der Waals surface area contributed by atoms with Gasteiger partial charge in [-0.3, -0.25) is 9.20 Å². The largest absolute Gasteiger partial charge is 0.494 e. The summed E-state index contributed by atoms with van der Waals surface area (Å²) >= 11 is 12.2. The molecule has 0 aliphatic heterocycles. The molecule has 0 unspecified atom stereocenters. The molecule has 0 N–H and O–H groups in total. The third-order valence-corrected chi connectivity index (χ3v) is 7.55. The number of halogens is 2. The van der Waals surface area contributed by atoms with Gasteiger partial charge in [-0.05, 0) is 36.2 Å². The Hall–Kier alpha value is -2.94. The molecule has 0 amide bonds. The molecule has 0 spiro atoms. The van der Waals surface area contributed by atoms with Gasteiger partial charge in [-0.15, -0.1) is 0 Å². The lowest BCUT2D eigenvalue weighted by molar-refractivity contribution is 0.0982. The van der Waals surface area contributed by atoms with Crippen LogP contribution in [0.3, 0.4) is 0 Å².